The minimum absolute atomic E-state index is 0.0813. The summed E-state index contributed by atoms with van der Waals surface area (Å²) in [6.07, 6.45) is 4.55. The van der Waals surface area contributed by atoms with Gasteiger partial charge in [0.15, 0.2) is 4.21 Å². The Labute approximate surface area is 124 Å². The highest BCUT2D eigenvalue weighted by Gasteiger charge is 2.50. The van der Waals surface area contributed by atoms with Gasteiger partial charge in [0.1, 0.15) is 0 Å². The first kappa shape index (κ1) is 14.4. The number of aromatic nitrogens is 1. The SMILES string of the molecule is COCc1ncsc1S(=O)(=O)N1CC2(CCC2)CC1C. The molecule has 5 nitrogen and oxygen atoms in total. The maximum Gasteiger partial charge on any atom is 0.254 e. The normalized spacial score (nSPS) is 26.0. The summed E-state index contributed by atoms with van der Waals surface area (Å²) in [5.41, 5.74) is 2.36. The number of hydrogen-bond acceptors (Lipinski definition) is 5. The molecule has 7 heteroatoms. The fraction of sp³-hybridized carbons (Fsp3) is 0.769. The van der Waals surface area contributed by atoms with Crippen molar-refractivity contribution in [3.05, 3.63) is 11.2 Å². The summed E-state index contributed by atoms with van der Waals surface area (Å²) in [6, 6.07) is 0.0813. The monoisotopic (exact) mass is 316 g/mol. The first-order valence-corrected chi connectivity index (χ1v) is 9.24. The van der Waals surface area contributed by atoms with Crippen LogP contribution in [0.5, 0.6) is 0 Å². The third-order valence-corrected chi connectivity index (χ3v) is 7.95. The first-order chi connectivity index (χ1) is 9.48. The molecule has 1 aromatic rings. The topological polar surface area (TPSA) is 59.5 Å². The molecular formula is C13H20N2O3S2. The van der Waals surface area contributed by atoms with Gasteiger partial charge in [-0.25, -0.2) is 13.4 Å². The zero-order chi connectivity index (χ0) is 14.4. The molecule has 20 heavy (non-hydrogen) atoms. The molecule has 0 amide bonds. The lowest BCUT2D eigenvalue weighted by molar-refractivity contribution is 0.152. The van der Waals surface area contributed by atoms with Gasteiger partial charge in [0.2, 0.25) is 0 Å². The third-order valence-electron chi connectivity index (χ3n) is 4.55. The van der Waals surface area contributed by atoms with E-state index in [1.807, 2.05) is 6.92 Å². The largest absolute Gasteiger partial charge is 0.378 e. The van der Waals surface area contributed by atoms with Crippen molar-refractivity contribution in [2.24, 2.45) is 5.41 Å². The van der Waals surface area contributed by atoms with Crippen LogP contribution in [0.3, 0.4) is 0 Å². The number of methoxy groups -OCH3 is 1. The zero-order valence-corrected chi connectivity index (χ0v) is 13.5. The molecule has 2 heterocycles. The van der Waals surface area contributed by atoms with E-state index in [1.165, 1.54) is 17.8 Å². The van der Waals surface area contributed by atoms with Crippen LogP contribution in [0, 0.1) is 5.41 Å². The Morgan fingerprint density at radius 2 is 2.30 bits per heavy atom. The fourth-order valence-corrected chi connectivity index (χ4v) is 6.49. The highest BCUT2D eigenvalue weighted by atomic mass is 32.2. The molecule has 1 aliphatic heterocycles. The summed E-state index contributed by atoms with van der Waals surface area (Å²) in [5.74, 6) is 0. The molecule has 2 fully saturated rings. The standard InChI is InChI=1S/C13H20N2O3S2/c1-10-6-13(4-3-5-13)8-15(10)20(16,17)12-11(7-18-2)14-9-19-12/h9-10H,3-8H2,1-2H3. The molecule has 2 aliphatic rings. The zero-order valence-electron chi connectivity index (χ0n) is 11.8. The minimum Gasteiger partial charge on any atom is -0.378 e. The Bertz CT molecular complexity index is 593. The number of nitrogens with zero attached hydrogens (tertiary/aromatic N) is 2. The second-order valence-corrected chi connectivity index (χ2v) is 8.92. The summed E-state index contributed by atoms with van der Waals surface area (Å²) >= 11 is 1.19. The molecule has 0 radical (unpaired) electrons. The van der Waals surface area contributed by atoms with Crippen molar-refractivity contribution in [2.45, 2.75) is 49.5 Å². The second kappa shape index (κ2) is 5.05. The predicted molar refractivity (Wildman–Crippen MR) is 77.1 cm³/mol. The van der Waals surface area contributed by atoms with Crippen LogP contribution in [0.1, 0.15) is 38.3 Å². The molecule has 1 saturated heterocycles. The average Bonchev–Trinajstić information content (AvgIpc) is 2.93. The van der Waals surface area contributed by atoms with Crippen molar-refractivity contribution in [3.8, 4) is 0 Å². The van der Waals surface area contributed by atoms with Crippen LogP contribution in [0.4, 0.5) is 0 Å². The Balaban J connectivity index is 1.90. The van der Waals surface area contributed by atoms with Gasteiger partial charge in [-0.3, -0.25) is 0 Å². The lowest BCUT2D eigenvalue weighted by atomic mass is 9.68. The van der Waals surface area contributed by atoms with Crippen molar-refractivity contribution in [2.75, 3.05) is 13.7 Å². The summed E-state index contributed by atoms with van der Waals surface area (Å²) in [6.45, 7) is 2.92. The summed E-state index contributed by atoms with van der Waals surface area (Å²) in [7, 11) is -1.88. The lowest BCUT2D eigenvalue weighted by Crippen LogP contribution is -2.37. The molecular weight excluding hydrogens is 296 g/mol. The molecule has 1 aromatic heterocycles. The van der Waals surface area contributed by atoms with Gasteiger partial charge in [0.05, 0.1) is 17.8 Å². The number of rotatable bonds is 4. The Morgan fingerprint density at radius 3 is 2.85 bits per heavy atom. The Hall–Kier alpha value is -0.500. The van der Waals surface area contributed by atoms with Gasteiger partial charge in [0, 0.05) is 19.7 Å². The molecule has 1 spiro atoms. The van der Waals surface area contributed by atoms with Crippen LogP contribution < -0.4 is 0 Å². The number of hydrogen-bond donors (Lipinski definition) is 0. The predicted octanol–water partition coefficient (Wildman–Crippen LogP) is 2.24. The third kappa shape index (κ3) is 2.20. The van der Waals surface area contributed by atoms with E-state index in [-0.39, 0.29) is 18.1 Å². The fourth-order valence-electron chi connectivity index (χ4n) is 3.45. The molecule has 0 N–H and O–H groups in total. The van der Waals surface area contributed by atoms with Crippen LogP contribution in [-0.4, -0.2) is 37.4 Å². The summed E-state index contributed by atoms with van der Waals surface area (Å²) in [5, 5.41) is 0. The van der Waals surface area contributed by atoms with E-state index in [2.05, 4.69) is 4.98 Å². The van der Waals surface area contributed by atoms with Gasteiger partial charge in [0.25, 0.3) is 10.0 Å². The van der Waals surface area contributed by atoms with Gasteiger partial charge in [-0.15, -0.1) is 11.3 Å². The maximum atomic E-state index is 12.9. The number of thiazole rings is 1. The van der Waals surface area contributed by atoms with E-state index >= 15 is 0 Å². The van der Waals surface area contributed by atoms with Crippen molar-refractivity contribution in [3.63, 3.8) is 0 Å². The highest BCUT2D eigenvalue weighted by molar-refractivity contribution is 7.91. The van der Waals surface area contributed by atoms with E-state index in [0.717, 1.165) is 19.3 Å². The smallest absolute Gasteiger partial charge is 0.254 e. The van der Waals surface area contributed by atoms with Crippen molar-refractivity contribution >= 4 is 21.4 Å². The minimum atomic E-state index is -3.44. The Morgan fingerprint density at radius 1 is 1.55 bits per heavy atom. The van der Waals surface area contributed by atoms with E-state index in [0.29, 0.717) is 16.4 Å². The van der Waals surface area contributed by atoms with Gasteiger partial charge in [-0.2, -0.15) is 4.31 Å². The molecule has 3 rings (SSSR count). The van der Waals surface area contributed by atoms with Crippen LogP contribution in [0.25, 0.3) is 0 Å². The Kier molecular flexibility index (Phi) is 3.64. The van der Waals surface area contributed by atoms with Crippen LogP contribution in [0.15, 0.2) is 9.72 Å². The summed E-state index contributed by atoms with van der Waals surface area (Å²) < 4.78 is 32.8. The molecule has 0 bridgehead atoms. The number of sulfonamides is 1. The van der Waals surface area contributed by atoms with E-state index < -0.39 is 10.0 Å². The van der Waals surface area contributed by atoms with E-state index in [9.17, 15) is 8.42 Å². The van der Waals surface area contributed by atoms with E-state index in [4.69, 9.17) is 4.74 Å². The molecule has 112 valence electrons. The van der Waals surface area contributed by atoms with Gasteiger partial charge in [-0.1, -0.05) is 6.42 Å². The van der Waals surface area contributed by atoms with Crippen molar-refractivity contribution in [1.82, 2.24) is 9.29 Å². The molecule has 1 unspecified atom stereocenters. The lowest BCUT2D eigenvalue weighted by Gasteiger charge is -2.37. The maximum absolute atomic E-state index is 12.9. The van der Waals surface area contributed by atoms with Gasteiger partial charge in [-0.05, 0) is 31.6 Å². The molecule has 1 aliphatic carbocycles. The molecule has 1 atom stereocenters. The number of ether oxygens (including phenoxy) is 1. The highest BCUT2D eigenvalue weighted by Crippen LogP contribution is 2.51. The van der Waals surface area contributed by atoms with Crippen LogP contribution in [0.2, 0.25) is 0 Å². The van der Waals surface area contributed by atoms with Gasteiger partial charge < -0.3 is 4.74 Å². The average molecular weight is 316 g/mol. The van der Waals surface area contributed by atoms with Gasteiger partial charge >= 0.3 is 0 Å². The van der Waals surface area contributed by atoms with E-state index in [1.54, 1.807) is 16.9 Å². The molecule has 1 saturated carbocycles. The summed E-state index contributed by atoms with van der Waals surface area (Å²) in [4.78, 5) is 4.13. The van der Waals surface area contributed by atoms with Crippen LogP contribution in [-0.2, 0) is 21.4 Å². The van der Waals surface area contributed by atoms with Crippen molar-refractivity contribution in [1.29, 1.82) is 0 Å². The first-order valence-electron chi connectivity index (χ1n) is 6.92. The second-order valence-electron chi connectivity index (χ2n) is 5.98. The van der Waals surface area contributed by atoms with Crippen LogP contribution >= 0.6 is 11.3 Å². The quantitative estimate of drug-likeness (QED) is 0.855. The molecule has 0 aromatic carbocycles. The van der Waals surface area contributed by atoms with Crippen molar-refractivity contribution < 1.29 is 13.2 Å².